The predicted octanol–water partition coefficient (Wildman–Crippen LogP) is 10.4. The highest BCUT2D eigenvalue weighted by Gasteiger charge is 2.70. The van der Waals surface area contributed by atoms with Crippen LogP contribution in [-0.4, -0.2) is 53.1 Å². The van der Waals surface area contributed by atoms with Gasteiger partial charge in [-0.1, -0.05) is 74.5 Å². The zero-order chi connectivity index (χ0) is 35.5. The van der Waals surface area contributed by atoms with E-state index in [0.29, 0.717) is 40.4 Å². The third kappa shape index (κ3) is 6.39. The molecule has 0 aromatic rings. The summed E-state index contributed by atoms with van der Waals surface area (Å²) in [5.41, 5.74) is 2.35. The highest BCUT2D eigenvalue weighted by atomic mass is 16.6. The lowest BCUT2D eigenvalue weighted by Crippen LogP contribution is -2.66. The molecule has 0 aromatic heterocycles. The standard InChI is InChI=1S/C43H75NO4/c1-12-44(13-2)26-14-20-43-23-17-30(29(3)4)37(43)31-15-16-33-40(9)21-19-34(48-36(47)28-38(5,6)27-35(45)46)39(7,8)32(40)18-22-42(33,11)41(31,10)24-25-43/h30-34,36-37,47H,3,12-28H2,1-2,4-11H3,(H,45,46)/t30-,31+,32-,33+,34-,36?,37+,40-,41+,42+,43+/m0/s1. The van der Waals surface area contributed by atoms with Crippen LogP contribution in [0.3, 0.4) is 0 Å². The summed E-state index contributed by atoms with van der Waals surface area (Å²) in [5.74, 6) is 2.72. The molecule has 5 aliphatic carbocycles. The number of rotatable bonds is 13. The Hall–Kier alpha value is -0.910. The molecular weight excluding hydrogens is 594 g/mol. The first-order valence-electron chi connectivity index (χ1n) is 20.2. The minimum atomic E-state index is -0.932. The third-order valence-corrected chi connectivity index (χ3v) is 16.9. The molecule has 5 heteroatoms. The van der Waals surface area contributed by atoms with Crippen molar-refractivity contribution in [3.8, 4) is 0 Å². The van der Waals surface area contributed by atoms with Crippen molar-refractivity contribution in [2.75, 3.05) is 19.6 Å². The summed E-state index contributed by atoms with van der Waals surface area (Å²) < 4.78 is 6.49. The van der Waals surface area contributed by atoms with E-state index < -0.39 is 17.7 Å². The zero-order valence-electron chi connectivity index (χ0n) is 32.9. The topological polar surface area (TPSA) is 70.0 Å². The van der Waals surface area contributed by atoms with E-state index >= 15 is 0 Å². The van der Waals surface area contributed by atoms with Crippen LogP contribution in [0.5, 0.6) is 0 Å². The van der Waals surface area contributed by atoms with Crippen molar-refractivity contribution in [3.63, 3.8) is 0 Å². The molecule has 1 unspecified atom stereocenters. The molecule has 0 bridgehead atoms. The molecule has 11 atom stereocenters. The maximum atomic E-state index is 11.4. The van der Waals surface area contributed by atoms with E-state index in [4.69, 9.17) is 4.74 Å². The molecule has 5 rings (SSSR count). The number of aliphatic hydroxyl groups is 1. The Labute approximate surface area is 295 Å². The van der Waals surface area contributed by atoms with E-state index in [1.807, 2.05) is 13.8 Å². The summed E-state index contributed by atoms with van der Waals surface area (Å²) in [7, 11) is 0. The number of aliphatic carboxylic acids is 1. The molecule has 5 saturated carbocycles. The molecule has 0 radical (unpaired) electrons. The Balaban J connectivity index is 1.36. The predicted molar refractivity (Wildman–Crippen MR) is 198 cm³/mol. The van der Waals surface area contributed by atoms with Gasteiger partial charge in [-0.05, 0) is 166 Å². The third-order valence-electron chi connectivity index (χ3n) is 16.9. The summed E-state index contributed by atoms with van der Waals surface area (Å²) in [4.78, 5) is 14.0. The molecule has 0 amide bonds. The monoisotopic (exact) mass is 670 g/mol. The zero-order valence-corrected chi connectivity index (χ0v) is 32.9. The Morgan fingerprint density at radius 2 is 1.60 bits per heavy atom. The van der Waals surface area contributed by atoms with Gasteiger partial charge in [-0.25, -0.2) is 0 Å². The number of aliphatic hydroxyl groups excluding tert-OH is 1. The van der Waals surface area contributed by atoms with Gasteiger partial charge in [0.05, 0.1) is 12.5 Å². The molecule has 5 nitrogen and oxygen atoms in total. The normalized spacial score (nSPS) is 42.8. The number of allylic oxidation sites excluding steroid dienone is 1. The van der Waals surface area contributed by atoms with E-state index in [0.717, 1.165) is 37.8 Å². The van der Waals surface area contributed by atoms with Gasteiger partial charge in [-0.2, -0.15) is 0 Å². The van der Waals surface area contributed by atoms with Gasteiger partial charge in [-0.15, -0.1) is 0 Å². The van der Waals surface area contributed by atoms with Crippen molar-refractivity contribution in [1.82, 2.24) is 4.90 Å². The number of carboxylic acids is 1. The van der Waals surface area contributed by atoms with Crippen LogP contribution in [0, 0.1) is 62.1 Å². The summed E-state index contributed by atoms with van der Waals surface area (Å²) in [6.07, 6.45) is 15.1. The molecule has 276 valence electrons. The minimum Gasteiger partial charge on any atom is -0.481 e. The molecule has 0 heterocycles. The molecule has 0 aromatic carbocycles. The van der Waals surface area contributed by atoms with Crippen LogP contribution in [0.4, 0.5) is 0 Å². The highest BCUT2D eigenvalue weighted by Crippen LogP contribution is 2.78. The van der Waals surface area contributed by atoms with Gasteiger partial charge in [0.25, 0.3) is 0 Å². The van der Waals surface area contributed by atoms with Crippen molar-refractivity contribution in [3.05, 3.63) is 12.2 Å². The number of hydrogen-bond acceptors (Lipinski definition) is 4. The number of carbonyl (C=O) groups is 1. The first-order valence-corrected chi connectivity index (χ1v) is 20.2. The summed E-state index contributed by atoms with van der Waals surface area (Å²) >= 11 is 0. The molecule has 2 N–H and O–H groups in total. The van der Waals surface area contributed by atoms with Gasteiger partial charge in [0.1, 0.15) is 0 Å². The average Bonchev–Trinajstić information content (AvgIpc) is 3.36. The van der Waals surface area contributed by atoms with Gasteiger partial charge >= 0.3 is 5.97 Å². The smallest absolute Gasteiger partial charge is 0.303 e. The summed E-state index contributed by atoms with van der Waals surface area (Å²) in [6.45, 7) is 32.0. The second kappa shape index (κ2) is 13.6. The fourth-order valence-electron chi connectivity index (χ4n) is 14.3. The molecule has 48 heavy (non-hydrogen) atoms. The molecule has 5 fully saturated rings. The lowest BCUT2D eigenvalue weighted by Gasteiger charge is -2.73. The van der Waals surface area contributed by atoms with Gasteiger partial charge < -0.3 is 19.8 Å². The summed E-state index contributed by atoms with van der Waals surface area (Å²) in [6, 6.07) is 0. The van der Waals surface area contributed by atoms with Crippen molar-refractivity contribution in [2.45, 2.75) is 172 Å². The SMILES string of the molecule is C=C(C)[C@@H]1CC[C@]2(CCCN(CC)CC)CC[C@]3(C)[C@H](CC[C@@H]4[C@@]5(C)CC[C@H](OC(O)CC(C)(C)CC(=O)O)C(C)(C)[C@@H]5CC[C@]43C)[C@@H]12. The second-order valence-electron chi connectivity index (χ2n) is 20.1. The number of carboxylic acid groups (broad SMARTS) is 1. The van der Waals surface area contributed by atoms with Crippen molar-refractivity contribution in [2.24, 2.45) is 62.1 Å². The van der Waals surface area contributed by atoms with Crippen LogP contribution in [0.25, 0.3) is 0 Å². The second-order valence-corrected chi connectivity index (χ2v) is 20.1. The fourth-order valence-corrected chi connectivity index (χ4v) is 14.3. The Morgan fingerprint density at radius 3 is 2.23 bits per heavy atom. The first-order chi connectivity index (χ1) is 22.3. The van der Waals surface area contributed by atoms with Crippen molar-refractivity contribution in [1.29, 1.82) is 0 Å². The van der Waals surface area contributed by atoms with Crippen LogP contribution in [0.15, 0.2) is 12.2 Å². The van der Waals surface area contributed by atoms with E-state index in [9.17, 15) is 15.0 Å². The largest absolute Gasteiger partial charge is 0.481 e. The van der Waals surface area contributed by atoms with Crippen molar-refractivity contribution >= 4 is 5.97 Å². The molecule has 0 spiro atoms. The summed E-state index contributed by atoms with van der Waals surface area (Å²) in [5, 5.41) is 20.4. The van der Waals surface area contributed by atoms with Gasteiger partial charge in [0.15, 0.2) is 6.29 Å². The quantitative estimate of drug-likeness (QED) is 0.151. The van der Waals surface area contributed by atoms with Crippen LogP contribution < -0.4 is 0 Å². The van der Waals surface area contributed by atoms with Gasteiger partial charge in [-0.3, -0.25) is 4.79 Å². The minimum absolute atomic E-state index is 0.0102. The first kappa shape index (κ1) is 38.3. The van der Waals surface area contributed by atoms with Crippen LogP contribution >= 0.6 is 0 Å². The van der Waals surface area contributed by atoms with Gasteiger partial charge in [0, 0.05) is 6.42 Å². The van der Waals surface area contributed by atoms with Crippen LogP contribution in [0.1, 0.15) is 159 Å². The molecule has 0 aliphatic heterocycles. The molecule has 5 aliphatic rings. The lowest BCUT2D eigenvalue weighted by molar-refractivity contribution is -0.267. The number of hydrogen-bond donors (Lipinski definition) is 2. The maximum Gasteiger partial charge on any atom is 0.303 e. The molecule has 0 saturated heterocycles. The lowest BCUT2D eigenvalue weighted by atomic mass is 9.32. The van der Waals surface area contributed by atoms with Crippen LogP contribution in [0.2, 0.25) is 0 Å². The van der Waals surface area contributed by atoms with E-state index in [-0.39, 0.29) is 23.4 Å². The Bertz CT molecular complexity index is 1180. The van der Waals surface area contributed by atoms with E-state index in [2.05, 4.69) is 66.9 Å². The van der Waals surface area contributed by atoms with E-state index in [1.165, 1.54) is 76.3 Å². The fraction of sp³-hybridized carbons (Fsp3) is 0.930. The van der Waals surface area contributed by atoms with Crippen LogP contribution in [-0.2, 0) is 9.53 Å². The number of ether oxygens (including phenoxy) is 1. The Morgan fingerprint density at radius 1 is 0.917 bits per heavy atom. The van der Waals surface area contributed by atoms with Gasteiger partial charge in [0.2, 0.25) is 0 Å². The number of nitrogens with zero attached hydrogens (tertiary/aromatic N) is 1. The van der Waals surface area contributed by atoms with E-state index in [1.54, 1.807) is 0 Å². The maximum absolute atomic E-state index is 11.4. The average molecular weight is 670 g/mol. The Kier molecular flexibility index (Phi) is 10.8. The molecular formula is C43H75NO4. The highest BCUT2D eigenvalue weighted by molar-refractivity contribution is 5.67. The number of fused-ring (bicyclic) bond motifs is 7. The van der Waals surface area contributed by atoms with Crippen molar-refractivity contribution < 1.29 is 19.7 Å².